The zero-order valence-corrected chi connectivity index (χ0v) is 43.8. The Hall–Kier alpha value is -5.42. The Labute approximate surface area is 443 Å². The number of hydrogen-bond acceptors (Lipinski definition) is 10. The Morgan fingerprint density at radius 1 is 0.485 bits per heavy atom. The van der Waals surface area contributed by atoms with E-state index >= 15 is 0 Å². The minimum absolute atomic E-state index is 0.00914. The van der Waals surface area contributed by atoms with Crippen LogP contribution >= 0.6 is 90.4 Å². The molecule has 0 saturated heterocycles. The second-order valence-electron chi connectivity index (χ2n) is 16.4. The molecule has 0 radical (unpaired) electrons. The average Bonchev–Trinajstić information content (AvgIpc) is 3.31. The van der Waals surface area contributed by atoms with Crippen molar-refractivity contribution in [2.45, 2.75) is 24.4 Å². The van der Waals surface area contributed by atoms with E-state index in [1.165, 1.54) is 12.1 Å². The van der Waals surface area contributed by atoms with Crippen molar-refractivity contribution in [1.29, 1.82) is 0 Å². The molecule has 0 spiro atoms. The van der Waals surface area contributed by atoms with Gasteiger partial charge in [0.1, 0.15) is 40.3 Å². The monoisotopic (exact) mass is 1350 g/mol. The molecular formula is C54H36I4O10. The molecule has 9 aromatic carbocycles. The SMILES string of the molecule is OC1=CCC(O)c2c1cccc2C(c1cc(I)c(OOc2ccc3cccc(O)c3c2C(c2cc(I)c(O)c(I)c2)c2c(O)ccc3cccc(O)c23)c(I)c1)c1cccc2c(O)ccc(O)c12. The third kappa shape index (κ3) is 8.04. The summed E-state index contributed by atoms with van der Waals surface area (Å²) in [6, 6.07) is 38.3. The molecular weight excluding hydrogens is 1320 g/mol. The number of fused-ring (bicyclic) bond motifs is 4. The van der Waals surface area contributed by atoms with Gasteiger partial charge < -0.3 is 40.9 Å². The molecule has 1 aliphatic carbocycles. The topological polar surface area (TPSA) is 180 Å². The number of benzene rings is 9. The molecule has 0 amide bonds. The van der Waals surface area contributed by atoms with Crippen molar-refractivity contribution in [3.63, 3.8) is 0 Å². The van der Waals surface area contributed by atoms with Gasteiger partial charge >= 0.3 is 0 Å². The van der Waals surface area contributed by atoms with Crippen LogP contribution in [-0.4, -0.2) is 40.9 Å². The zero-order chi connectivity index (χ0) is 47.7. The summed E-state index contributed by atoms with van der Waals surface area (Å²) in [5.74, 6) is -1.19. The minimum Gasteiger partial charge on any atom is -0.508 e. The van der Waals surface area contributed by atoms with Gasteiger partial charge in [-0.2, -0.15) is 0 Å². The summed E-state index contributed by atoms with van der Waals surface area (Å²) in [6.45, 7) is 0. The summed E-state index contributed by atoms with van der Waals surface area (Å²) >= 11 is 8.45. The number of phenolic OH excluding ortho intramolecular Hbond substituents is 6. The molecule has 340 valence electrons. The van der Waals surface area contributed by atoms with E-state index in [-0.39, 0.29) is 52.4 Å². The van der Waals surface area contributed by atoms with Crippen LogP contribution in [0.25, 0.3) is 38.1 Å². The predicted octanol–water partition coefficient (Wildman–Crippen LogP) is 13.9. The first-order valence-electron chi connectivity index (χ1n) is 21.0. The number of rotatable bonds is 9. The fourth-order valence-electron chi connectivity index (χ4n) is 9.59. The summed E-state index contributed by atoms with van der Waals surface area (Å²) < 4.78 is 2.32. The van der Waals surface area contributed by atoms with Crippen molar-refractivity contribution in [3.05, 3.63) is 198 Å². The van der Waals surface area contributed by atoms with Gasteiger partial charge in [-0.3, -0.25) is 9.78 Å². The maximum Gasteiger partial charge on any atom is 0.205 e. The molecule has 0 aromatic heterocycles. The summed E-state index contributed by atoms with van der Waals surface area (Å²) in [4.78, 5) is 12.8. The van der Waals surface area contributed by atoms with Crippen LogP contribution in [0.5, 0.6) is 46.0 Å². The molecule has 3 unspecified atom stereocenters. The van der Waals surface area contributed by atoms with Crippen molar-refractivity contribution in [2.24, 2.45) is 0 Å². The molecule has 0 heterocycles. The second-order valence-corrected chi connectivity index (χ2v) is 21.1. The first-order valence-corrected chi connectivity index (χ1v) is 25.4. The van der Waals surface area contributed by atoms with Crippen molar-refractivity contribution in [2.75, 3.05) is 0 Å². The van der Waals surface area contributed by atoms with E-state index in [0.717, 1.165) is 5.56 Å². The predicted molar refractivity (Wildman–Crippen MR) is 295 cm³/mol. The first-order chi connectivity index (χ1) is 32.7. The van der Waals surface area contributed by atoms with Crippen LogP contribution in [0.2, 0.25) is 0 Å². The van der Waals surface area contributed by atoms with Crippen molar-refractivity contribution in [1.82, 2.24) is 0 Å². The largest absolute Gasteiger partial charge is 0.508 e. The highest BCUT2D eigenvalue weighted by Crippen LogP contribution is 2.52. The van der Waals surface area contributed by atoms with Crippen LogP contribution < -0.4 is 9.78 Å². The Kier molecular flexibility index (Phi) is 12.6. The van der Waals surface area contributed by atoms with Crippen LogP contribution in [-0.2, 0) is 0 Å². The van der Waals surface area contributed by atoms with Gasteiger partial charge in [-0.25, -0.2) is 0 Å². The highest BCUT2D eigenvalue weighted by molar-refractivity contribution is 14.1. The third-order valence-corrected chi connectivity index (χ3v) is 15.8. The molecule has 0 saturated carbocycles. The minimum atomic E-state index is -0.932. The van der Waals surface area contributed by atoms with Gasteiger partial charge in [0.05, 0.1) is 20.4 Å². The lowest BCUT2D eigenvalue weighted by molar-refractivity contribution is -0.102. The second kappa shape index (κ2) is 18.5. The first kappa shape index (κ1) is 46.3. The molecule has 68 heavy (non-hydrogen) atoms. The van der Waals surface area contributed by atoms with Gasteiger partial charge in [0.15, 0.2) is 5.75 Å². The summed E-state index contributed by atoms with van der Waals surface area (Å²) in [5, 5.41) is 94.0. The van der Waals surface area contributed by atoms with Crippen LogP contribution in [0, 0.1) is 14.3 Å². The quantitative estimate of drug-likeness (QED) is 0.0228. The Morgan fingerprint density at radius 3 is 1.72 bits per heavy atom. The maximum absolute atomic E-state index is 11.9. The molecule has 1 aliphatic rings. The van der Waals surface area contributed by atoms with Crippen molar-refractivity contribution in [3.8, 4) is 46.0 Å². The molecule has 0 aliphatic heterocycles. The van der Waals surface area contributed by atoms with E-state index in [0.29, 0.717) is 91.3 Å². The van der Waals surface area contributed by atoms with E-state index in [9.17, 15) is 40.9 Å². The maximum atomic E-state index is 11.9. The van der Waals surface area contributed by atoms with Gasteiger partial charge in [-0.15, -0.1) is 0 Å². The smallest absolute Gasteiger partial charge is 0.205 e. The van der Waals surface area contributed by atoms with Gasteiger partial charge in [0.25, 0.3) is 0 Å². The number of aliphatic hydroxyl groups excluding tert-OH is 2. The Bertz CT molecular complexity index is 3530. The van der Waals surface area contributed by atoms with E-state index in [1.807, 2.05) is 42.5 Å². The summed E-state index contributed by atoms with van der Waals surface area (Å²) in [5.41, 5.74) is 4.49. The number of aliphatic hydroxyl groups is 2. The van der Waals surface area contributed by atoms with E-state index in [2.05, 4.69) is 90.4 Å². The standard InChI is InChI=1S/C54H36I4O10/c55-33-21-28(22-34(56)53(33)66)48(51-43(65)15-13-25-5-1-11-39(61)46(25)51)52-44(20-14-26-6-2-12-40(62)47(26)52)67-68-54-35(57)23-27(24-36(54)58)45(31-9-3-7-29-37(59)16-18-41(63)49(29)31)32-10-4-8-30-38(60)17-19-42(64)50(30)32/h1-18,20-24,42,45,48,59-66H,19H2. The highest BCUT2D eigenvalue weighted by Gasteiger charge is 2.34. The van der Waals surface area contributed by atoms with Gasteiger partial charge in [-0.05, 0) is 202 Å². The van der Waals surface area contributed by atoms with Crippen molar-refractivity contribution >= 4 is 128 Å². The molecule has 10 rings (SSSR count). The Balaban J connectivity index is 1.15. The molecule has 0 bridgehead atoms. The van der Waals surface area contributed by atoms with Crippen molar-refractivity contribution < 1.29 is 50.6 Å². The van der Waals surface area contributed by atoms with Crippen LogP contribution in [0.1, 0.15) is 68.9 Å². The number of halogens is 4. The number of aromatic hydroxyl groups is 6. The molecule has 14 heteroatoms. The van der Waals surface area contributed by atoms with Crippen LogP contribution in [0.3, 0.4) is 0 Å². The van der Waals surface area contributed by atoms with Crippen LogP contribution in [0.15, 0.2) is 140 Å². The fraction of sp³-hybridized carbons (Fsp3) is 0.0741. The molecule has 9 aromatic rings. The van der Waals surface area contributed by atoms with Gasteiger partial charge in [-0.1, -0.05) is 72.8 Å². The zero-order valence-electron chi connectivity index (χ0n) is 35.1. The number of hydrogen-bond donors (Lipinski definition) is 8. The van der Waals surface area contributed by atoms with Crippen LogP contribution in [0.4, 0.5) is 0 Å². The molecule has 0 fully saturated rings. The molecule has 8 N–H and O–H groups in total. The Morgan fingerprint density at radius 2 is 1.03 bits per heavy atom. The average molecular weight is 1350 g/mol. The van der Waals surface area contributed by atoms with Gasteiger partial charge in [0.2, 0.25) is 5.75 Å². The lowest BCUT2D eigenvalue weighted by Crippen LogP contribution is -2.15. The van der Waals surface area contributed by atoms with E-state index in [4.69, 9.17) is 9.78 Å². The summed E-state index contributed by atoms with van der Waals surface area (Å²) in [7, 11) is 0. The molecule has 3 atom stereocenters. The molecule has 10 nitrogen and oxygen atoms in total. The lowest BCUT2D eigenvalue weighted by Gasteiger charge is -2.29. The van der Waals surface area contributed by atoms with E-state index in [1.54, 1.807) is 84.9 Å². The summed E-state index contributed by atoms with van der Waals surface area (Å²) in [6.07, 6.45) is 0.862. The highest BCUT2D eigenvalue weighted by atomic mass is 127. The number of phenols is 6. The fourth-order valence-corrected chi connectivity index (χ4v) is 13.4. The lowest BCUT2D eigenvalue weighted by atomic mass is 9.77. The van der Waals surface area contributed by atoms with Gasteiger partial charge in [0, 0.05) is 50.1 Å². The third-order valence-electron chi connectivity index (χ3n) is 12.5. The van der Waals surface area contributed by atoms with E-state index < -0.39 is 17.9 Å². The normalized spacial score (nSPS) is 14.4.